The Bertz CT molecular complexity index is 1030. The zero-order chi connectivity index (χ0) is 21.5. The molecule has 0 atom stereocenters. The summed E-state index contributed by atoms with van der Waals surface area (Å²) in [5, 5.41) is 7.30. The van der Waals surface area contributed by atoms with Crippen LogP contribution >= 0.6 is 11.3 Å². The van der Waals surface area contributed by atoms with E-state index in [-0.39, 0.29) is 29.9 Å². The van der Waals surface area contributed by atoms with Crippen LogP contribution in [0.3, 0.4) is 0 Å². The maximum Gasteiger partial charge on any atom is 0.387 e. The Morgan fingerprint density at radius 2 is 1.87 bits per heavy atom. The smallest absolute Gasteiger partial charge is 0.387 e. The van der Waals surface area contributed by atoms with Crippen LogP contribution in [0.2, 0.25) is 0 Å². The van der Waals surface area contributed by atoms with Crippen molar-refractivity contribution in [3.05, 3.63) is 76.0 Å². The van der Waals surface area contributed by atoms with Gasteiger partial charge >= 0.3 is 6.61 Å². The molecule has 1 aromatic heterocycles. The van der Waals surface area contributed by atoms with Gasteiger partial charge in [0.1, 0.15) is 0 Å². The van der Waals surface area contributed by atoms with Gasteiger partial charge in [-0.1, -0.05) is 18.2 Å². The molecule has 0 bridgehead atoms. The van der Waals surface area contributed by atoms with Crippen molar-refractivity contribution in [3.63, 3.8) is 0 Å². The number of halogens is 2. The molecule has 0 aliphatic rings. The van der Waals surface area contributed by atoms with Gasteiger partial charge in [-0.15, -0.1) is 11.3 Å². The van der Waals surface area contributed by atoms with Gasteiger partial charge in [-0.05, 0) is 47.3 Å². The highest BCUT2D eigenvalue weighted by Crippen LogP contribution is 2.29. The Hall–Kier alpha value is -3.46. The number of amides is 2. The number of carbonyl (C=O) groups is 2. The third kappa shape index (κ3) is 5.54. The van der Waals surface area contributed by atoms with Crippen molar-refractivity contribution in [2.75, 3.05) is 12.4 Å². The van der Waals surface area contributed by atoms with Crippen molar-refractivity contribution < 1.29 is 27.8 Å². The fraction of sp³-hybridized carbons (Fsp3) is 0.143. The zero-order valence-corrected chi connectivity index (χ0v) is 16.7. The monoisotopic (exact) mass is 432 g/mol. The van der Waals surface area contributed by atoms with Gasteiger partial charge in [0.05, 0.1) is 12.0 Å². The molecule has 2 aromatic carbocycles. The van der Waals surface area contributed by atoms with Crippen LogP contribution in [0, 0.1) is 0 Å². The maximum atomic E-state index is 12.5. The second kappa shape index (κ2) is 9.84. The van der Waals surface area contributed by atoms with Gasteiger partial charge in [0, 0.05) is 17.8 Å². The van der Waals surface area contributed by atoms with Gasteiger partial charge < -0.3 is 20.1 Å². The van der Waals surface area contributed by atoms with Gasteiger partial charge in [0.25, 0.3) is 11.8 Å². The lowest BCUT2D eigenvalue weighted by Gasteiger charge is -2.12. The van der Waals surface area contributed by atoms with Gasteiger partial charge in [-0.25, -0.2) is 0 Å². The largest absolute Gasteiger partial charge is 0.493 e. The lowest BCUT2D eigenvalue weighted by atomic mass is 10.1. The third-order valence-electron chi connectivity index (χ3n) is 4.02. The van der Waals surface area contributed by atoms with Crippen LogP contribution in [0.1, 0.15) is 25.6 Å². The summed E-state index contributed by atoms with van der Waals surface area (Å²) < 4.78 is 34.2. The molecule has 0 radical (unpaired) electrons. The molecule has 0 spiro atoms. The number of rotatable bonds is 8. The molecular weight excluding hydrogens is 414 g/mol. The Balaban J connectivity index is 1.63. The van der Waals surface area contributed by atoms with E-state index in [0.29, 0.717) is 21.7 Å². The van der Waals surface area contributed by atoms with Crippen LogP contribution in [0.4, 0.5) is 14.5 Å². The number of anilines is 1. The normalized spacial score (nSPS) is 10.5. The van der Waals surface area contributed by atoms with E-state index in [1.54, 1.807) is 47.8 Å². The Kier molecular flexibility index (Phi) is 6.97. The van der Waals surface area contributed by atoms with E-state index in [4.69, 9.17) is 4.74 Å². The summed E-state index contributed by atoms with van der Waals surface area (Å²) in [5.74, 6) is -0.549. The fourth-order valence-corrected chi connectivity index (χ4v) is 3.26. The van der Waals surface area contributed by atoms with E-state index >= 15 is 0 Å². The van der Waals surface area contributed by atoms with Crippen molar-refractivity contribution >= 4 is 28.8 Å². The number of methoxy groups -OCH3 is 1. The molecule has 0 aliphatic carbocycles. The number of hydrogen-bond donors (Lipinski definition) is 2. The minimum absolute atomic E-state index is 0.0863. The predicted octanol–water partition coefficient (Wildman–Crippen LogP) is 4.54. The summed E-state index contributed by atoms with van der Waals surface area (Å²) >= 11 is 1.32. The zero-order valence-electron chi connectivity index (χ0n) is 15.9. The van der Waals surface area contributed by atoms with Crippen molar-refractivity contribution in [3.8, 4) is 11.5 Å². The maximum absolute atomic E-state index is 12.5. The SMILES string of the molecule is COc1cc(CNC(=O)c2cccc(NC(=O)c3cccs3)c2)ccc1OC(F)F. The second-order valence-electron chi connectivity index (χ2n) is 6.06. The quantitative estimate of drug-likeness (QED) is 0.548. The molecule has 156 valence electrons. The Labute approximate surface area is 175 Å². The molecule has 2 N–H and O–H groups in total. The average molecular weight is 432 g/mol. The lowest BCUT2D eigenvalue weighted by molar-refractivity contribution is -0.0512. The van der Waals surface area contributed by atoms with Crippen LogP contribution in [0.25, 0.3) is 0 Å². The van der Waals surface area contributed by atoms with E-state index in [1.807, 2.05) is 0 Å². The molecule has 1 heterocycles. The van der Waals surface area contributed by atoms with E-state index in [0.717, 1.165) is 0 Å². The Morgan fingerprint density at radius 1 is 1.03 bits per heavy atom. The van der Waals surface area contributed by atoms with Crippen LogP contribution in [-0.4, -0.2) is 25.5 Å². The first-order valence-corrected chi connectivity index (χ1v) is 9.69. The van der Waals surface area contributed by atoms with Crippen molar-refractivity contribution in [1.82, 2.24) is 5.32 Å². The van der Waals surface area contributed by atoms with Gasteiger partial charge in [-0.3, -0.25) is 9.59 Å². The number of hydrogen-bond acceptors (Lipinski definition) is 5. The summed E-state index contributed by atoms with van der Waals surface area (Å²) in [6, 6.07) is 14.5. The van der Waals surface area contributed by atoms with Crippen LogP contribution in [0.15, 0.2) is 60.0 Å². The van der Waals surface area contributed by atoms with Crippen LogP contribution in [-0.2, 0) is 6.54 Å². The van der Waals surface area contributed by atoms with Crippen molar-refractivity contribution in [1.29, 1.82) is 0 Å². The number of nitrogens with one attached hydrogen (secondary N) is 2. The van der Waals surface area contributed by atoms with Crippen molar-refractivity contribution in [2.45, 2.75) is 13.2 Å². The molecule has 0 fully saturated rings. The topological polar surface area (TPSA) is 76.7 Å². The first-order chi connectivity index (χ1) is 14.5. The number of thiophene rings is 1. The molecule has 0 saturated heterocycles. The van der Waals surface area contributed by atoms with Crippen LogP contribution < -0.4 is 20.1 Å². The predicted molar refractivity (Wildman–Crippen MR) is 110 cm³/mol. The molecule has 30 heavy (non-hydrogen) atoms. The molecule has 3 aromatic rings. The first kappa shape index (κ1) is 21.3. The molecule has 6 nitrogen and oxygen atoms in total. The summed E-state index contributed by atoms with van der Waals surface area (Å²) in [6.45, 7) is -2.81. The number of alkyl halides is 2. The summed E-state index contributed by atoms with van der Waals surface area (Å²) in [6.07, 6.45) is 0. The second-order valence-corrected chi connectivity index (χ2v) is 7.01. The molecule has 2 amide bonds. The highest BCUT2D eigenvalue weighted by atomic mass is 32.1. The molecule has 9 heteroatoms. The Morgan fingerprint density at radius 3 is 2.57 bits per heavy atom. The minimum atomic E-state index is -2.96. The van der Waals surface area contributed by atoms with Gasteiger partial charge in [0.15, 0.2) is 11.5 Å². The van der Waals surface area contributed by atoms with E-state index in [1.165, 1.54) is 30.6 Å². The van der Waals surface area contributed by atoms with Gasteiger partial charge in [-0.2, -0.15) is 8.78 Å². The van der Waals surface area contributed by atoms with Crippen molar-refractivity contribution in [2.24, 2.45) is 0 Å². The number of benzene rings is 2. The minimum Gasteiger partial charge on any atom is -0.493 e. The molecule has 0 saturated carbocycles. The summed E-state index contributed by atoms with van der Waals surface area (Å²) in [5.41, 5.74) is 1.50. The average Bonchev–Trinajstić information content (AvgIpc) is 3.27. The molecule has 3 rings (SSSR count). The highest BCUT2D eigenvalue weighted by molar-refractivity contribution is 7.12. The number of carbonyl (C=O) groups excluding carboxylic acids is 2. The molecule has 0 unspecified atom stereocenters. The molecule has 0 aliphatic heterocycles. The lowest BCUT2D eigenvalue weighted by Crippen LogP contribution is -2.23. The molecular formula is C21H18F2N2O4S. The number of ether oxygens (including phenoxy) is 2. The van der Waals surface area contributed by atoms with Gasteiger partial charge in [0.2, 0.25) is 0 Å². The van der Waals surface area contributed by atoms with E-state index in [2.05, 4.69) is 15.4 Å². The summed E-state index contributed by atoms with van der Waals surface area (Å²) in [7, 11) is 1.34. The first-order valence-electron chi connectivity index (χ1n) is 8.81. The highest BCUT2D eigenvalue weighted by Gasteiger charge is 2.13. The summed E-state index contributed by atoms with van der Waals surface area (Å²) in [4.78, 5) is 25.2. The standard InChI is InChI=1S/C21H18F2N2O4S/c1-28-17-10-13(7-8-16(17)29-21(22)23)12-24-19(26)14-4-2-5-15(11-14)25-20(27)18-6-3-9-30-18/h2-11,21H,12H2,1H3,(H,24,26)(H,25,27). The third-order valence-corrected chi connectivity index (χ3v) is 4.89. The van der Waals surface area contributed by atoms with Crippen LogP contribution in [0.5, 0.6) is 11.5 Å². The van der Waals surface area contributed by atoms with E-state index in [9.17, 15) is 18.4 Å². The van der Waals surface area contributed by atoms with E-state index < -0.39 is 6.61 Å². The fourth-order valence-electron chi connectivity index (χ4n) is 2.64.